The van der Waals surface area contributed by atoms with Crippen molar-refractivity contribution in [1.82, 2.24) is 9.36 Å². The lowest BCUT2D eigenvalue weighted by molar-refractivity contribution is 0.0914. The number of carbonyl (C=O) groups is 1. The summed E-state index contributed by atoms with van der Waals surface area (Å²) in [5.41, 5.74) is 1.44. The van der Waals surface area contributed by atoms with E-state index in [4.69, 9.17) is 14.2 Å². The number of anilines is 1. The number of nitrogens with zero attached hydrogens (tertiary/aromatic N) is 2. The van der Waals surface area contributed by atoms with Gasteiger partial charge in [-0.3, -0.25) is 10.1 Å². The Balaban J connectivity index is 1.80. The summed E-state index contributed by atoms with van der Waals surface area (Å²) in [5, 5.41) is 3.20. The second kappa shape index (κ2) is 9.99. The number of carbonyl (C=O) groups excluding carboxylic acids is 1. The van der Waals surface area contributed by atoms with Gasteiger partial charge < -0.3 is 14.2 Å². The molecule has 8 heteroatoms. The summed E-state index contributed by atoms with van der Waals surface area (Å²) in [6.45, 7) is 4.48. The van der Waals surface area contributed by atoms with E-state index >= 15 is 0 Å². The van der Waals surface area contributed by atoms with Crippen molar-refractivity contribution in [2.75, 3.05) is 19.0 Å². The number of methoxy groups -OCH3 is 1. The average Bonchev–Trinajstić information content (AvgIpc) is 3.11. The molecule has 1 atom stereocenters. The fourth-order valence-electron chi connectivity index (χ4n) is 2.61. The van der Waals surface area contributed by atoms with Crippen molar-refractivity contribution >= 4 is 22.6 Å². The zero-order valence-electron chi connectivity index (χ0n) is 16.5. The molecule has 1 aromatic heterocycles. The maximum absolute atomic E-state index is 12.7. The summed E-state index contributed by atoms with van der Waals surface area (Å²) in [7, 11) is 1.61. The minimum atomic E-state index is -0.310. The first-order valence-corrected chi connectivity index (χ1v) is 9.90. The molecule has 3 aromatic rings. The first-order valence-electron chi connectivity index (χ1n) is 9.12. The standard InChI is InChI=1S/C21H23N3O4S/c1-14(12-26-3)28-19-10-17(20(25)23-21-22-15(2)24-29-21)9-18(11-19)27-13-16-7-5-4-6-8-16/h4-11,14H,12-13H2,1-3H3,(H,22,23,24,25)/t14-/m0/s1. The lowest BCUT2D eigenvalue weighted by Crippen LogP contribution is -2.18. The number of nitrogens with one attached hydrogen (secondary N) is 1. The second-order valence-corrected chi connectivity index (χ2v) is 7.20. The molecule has 29 heavy (non-hydrogen) atoms. The summed E-state index contributed by atoms with van der Waals surface area (Å²) >= 11 is 1.13. The molecule has 1 N–H and O–H groups in total. The maximum atomic E-state index is 12.7. The number of rotatable bonds is 9. The van der Waals surface area contributed by atoms with Gasteiger partial charge in [0.25, 0.3) is 5.91 Å². The van der Waals surface area contributed by atoms with E-state index in [2.05, 4.69) is 14.7 Å². The molecule has 0 aliphatic heterocycles. The van der Waals surface area contributed by atoms with Crippen LogP contribution in [0, 0.1) is 6.92 Å². The van der Waals surface area contributed by atoms with Crippen LogP contribution in [0.25, 0.3) is 0 Å². The molecule has 152 valence electrons. The fourth-order valence-corrected chi connectivity index (χ4v) is 3.18. The quantitative estimate of drug-likeness (QED) is 0.569. The molecule has 0 radical (unpaired) electrons. The normalized spacial score (nSPS) is 11.7. The third kappa shape index (κ3) is 6.27. The molecule has 0 saturated heterocycles. The van der Waals surface area contributed by atoms with Crippen molar-refractivity contribution in [2.45, 2.75) is 26.6 Å². The maximum Gasteiger partial charge on any atom is 0.257 e. The minimum absolute atomic E-state index is 0.175. The molecule has 1 amide bonds. The molecule has 0 bridgehead atoms. The lowest BCUT2D eigenvalue weighted by Gasteiger charge is -2.16. The van der Waals surface area contributed by atoms with Gasteiger partial charge in [0.2, 0.25) is 5.13 Å². The molecular formula is C21H23N3O4S. The van der Waals surface area contributed by atoms with E-state index in [0.29, 0.717) is 41.2 Å². The van der Waals surface area contributed by atoms with E-state index in [1.807, 2.05) is 37.3 Å². The highest BCUT2D eigenvalue weighted by molar-refractivity contribution is 7.09. The van der Waals surface area contributed by atoms with Crippen LogP contribution < -0.4 is 14.8 Å². The van der Waals surface area contributed by atoms with Crippen molar-refractivity contribution < 1.29 is 19.0 Å². The van der Waals surface area contributed by atoms with Crippen LogP contribution in [0.2, 0.25) is 0 Å². The Kier molecular flexibility index (Phi) is 7.15. The van der Waals surface area contributed by atoms with Gasteiger partial charge in [-0.1, -0.05) is 30.3 Å². The van der Waals surface area contributed by atoms with Gasteiger partial charge >= 0.3 is 0 Å². The number of aromatic nitrogens is 2. The summed E-state index contributed by atoms with van der Waals surface area (Å²) < 4.78 is 21.0. The Labute approximate surface area is 173 Å². The highest BCUT2D eigenvalue weighted by Crippen LogP contribution is 2.26. The zero-order chi connectivity index (χ0) is 20.6. The summed E-state index contributed by atoms with van der Waals surface area (Å²) in [6, 6.07) is 14.9. The SMILES string of the molecule is COC[C@H](C)Oc1cc(OCc2ccccc2)cc(C(=O)Nc2nc(C)ns2)c1. The highest BCUT2D eigenvalue weighted by Gasteiger charge is 2.14. The van der Waals surface area contributed by atoms with E-state index < -0.39 is 0 Å². The zero-order valence-corrected chi connectivity index (χ0v) is 17.4. The molecule has 0 fully saturated rings. The van der Waals surface area contributed by atoms with Gasteiger partial charge in [-0.25, -0.2) is 4.98 Å². The largest absolute Gasteiger partial charge is 0.489 e. The molecular weight excluding hydrogens is 390 g/mol. The topological polar surface area (TPSA) is 82.6 Å². The van der Waals surface area contributed by atoms with Crippen molar-refractivity contribution in [3.05, 3.63) is 65.5 Å². The van der Waals surface area contributed by atoms with Crippen molar-refractivity contribution in [3.63, 3.8) is 0 Å². The molecule has 0 saturated carbocycles. The second-order valence-electron chi connectivity index (χ2n) is 6.45. The Hall–Kier alpha value is -2.97. The van der Waals surface area contributed by atoms with Crippen LogP contribution in [-0.4, -0.2) is 35.1 Å². The molecule has 3 rings (SSSR count). The average molecular weight is 413 g/mol. The fraction of sp³-hybridized carbons (Fsp3) is 0.286. The molecule has 0 spiro atoms. The molecule has 0 aliphatic rings. The number of amides is 1. The van der Waals surface area contributed by atoms with Gasteiger partial charge in [0.15, 0.2) is 0 Å². The van der Waals surface area contributed by atoms with Gasteiger partial charge in [-0.05, 0) is 31.5 Å². The minimum Gasteiger partial charge on any atom is -0.489 e. The number of aryl methyl sites for hydroxylation is 1. The van der Waals surface area contributed by atoms with Crippen LogP contribution in [0.4, 0.5) is 5.13 Å². The van der Waals surface area contributed by atoms with E-state index in [1.165, 1.54) is 0 Å². The Bertz CT molecular complexity index is 946. The smallest absolute Gasteiger partial charge is 0.257 e. The van der Waals surface area contributed by atoms with Crippen LogP contribution in [0.1, 0.15) is 28.7 Å². The predicted molar refractivity (Wildman–Crippen MR) is 112 cm³/mol. The van der Waals surface area contributed by atoms with Crippen molar-refractivity contribution in [3.8, 4) is 11.5 Å². The monoisotopic (exact) mass is 413 g/mol. The van der Waals surface area contributed by atoms with E-state index in [9.17, 15) is 4.79 Å². The van der Waals surface area contributed by atoms with Crippen LogP contribution in [0.15, 0.2) is 48.5 Å². The first-order chi connectivity index (χ1) is 14.0. The Morgan fingerprint density at radius 1 is 1.17 bits per heavy atom. The highest BCUT2D eigenvalue weighted by atomic mass is 32.1. The first kappa shape index (κ1) is 20.8. The molecule has 0 unspecified atom stereocenters. The molecule has 0 aliphatic carbocycles. The molecule has 1 heterocycles. The van der Waals surface area contributed by atoms with Gasteiger partial charge in [-0.15, -0.1) is 0 Å². The molecule has 7 nitrogen and oxygen atoms in total. The lowest BCUT2D eigenvalue weighted by atomic mass is 10.2. The summed E-state index contributed by atoms with van der Waals surface area (Å²) in [5.74, 6) is 1.37. The number of benzene rings is 2. The van der Waals surface area contributed by atoms with E-state index in [0.717, 1.165) is 17.1 Å². The van der Waals surface area contributed by atoms with Gasteiger partial charge in [-0.2, -0.15) is 4.37 Å². The third-order valence-corrected chi connectivity index (χ3v) is 4.60. The predicted octanol–water partition coefficient (Wildman–Crippen LogP) is 4.09. The van der Waals surface area contributed by atoms with Crippen molar-refractivity contribution in [1.29, 1.82) is 0 Å². The van der Waals surface area contributed by atoms with Gasteiger partial charge in [0.05, 0.1) is 6.61 Å². The van der Waals surface area contributed by atoms with Crippen molar-refractivity contribution in [2.24, 2.45) is 0 Å². The van der Waals surface area contributed by atoms with E-state index in [1.54, 1.807) is 32.2 Å². The van der Waals surface area contributed by atoms with Crippen LogP contribution in [0.3, 0.4) is 0 Å². The summed E-state index contributed by atoms with van der Waals surface area (Å²) in [4.78, 5) is 16.9. The number of hydrogen-bond acceptors (Lipinski definition) is 7. The van der Waals surface area contributed by atoms with Crippen LogP contribution in [0.5, 0.6) is 11.5 Å². The van der Waals surface area contributed by atoms with Gasteiger partial charge in [0.1, 0.15) is 30.0 Å². The van der Waals surface area contributed by atoms with E-state index in [-0.39, 0.29) is 12.0 Å². The number of ether oxygens (including phenoxy) is 3. The molecule has 2 aromatic carbocycles. The number of hydrogen-bond donors (Lipinski definition) is 1. The third-order valence-electron chi connectivity index (χ3n) is 3.88. The Morgan fingerprint density at radius 2 is 1.93 bits per heavy atom. The Morgan fingerprint density at radius 3 is 2.62 bits per heavy atom. The van der Waals surface area contributed by atoms with Crippen LogP contribution >= 0.6 is 11.5 Å². The summed E-state index contributed by atoms with van der Waals surface area (Å²) in [6.07, 6.45) is -0.175. The van der Waals surface area contributed by atoms with Gasteiger partial charge in [0, 0.05) is 30.3 Å². The van der Waals surface area contributed by atoms with Crippen LogP contribution in [-0.2, 0) is 11.3 Å².